The molecule has 0 atom stereocenters. The van der Waals surface area contributed by atoms with Crippen molar-refractivity contribution in [2.75, 3.05) is 11.9 Å². The van der Waals surface area contributed by atoms with Crippen LogP contribution in [0.3, 0.4) is 0 Å². The first kappa shape index (κ1) is 17.5. The second kappa shape index (κ2) is 9.22. The van der Waals surface area contributed by atoms with Crippen LogP contribution in [-0.2, 0) is 13.0 Å². The fraction of sp³-hybridized carbons (Fsp3) is 0.143. The number of ether oxygens (including phenoxy) is 1. The van der Waals surface area contributed by atoms with Crippen molar-refractivity contribution in [3.63, 3.8) is 0 Å². The SMILES string of the molecule is O=C(NCCc1ccccn1)Nc1ccccc1COc1ccccc1. The van der Waals surface area contributed by atoms with Crippen molar-refractivity contribution in [3.05, 3.63) is 90.3 Å². The molecular weight excluding hydrogens is 326 g/mol. The van der Waals surface area contributed by atoms with Crippen LogP contribution >= 0.6 is 0 Å². The van der Waals surface area contributed by atoms with Gasteiger partial charge in [0.05, 0.1) is 0 Å². The second-order valence-electron chi connectivity index (χ2n) is 5.71. The van der Waals surface area contributed by atoms with Gasteiger partial charge in [-0.25, -0.2) is 4.79 Å². The van der Waals surface area contributed by atoms with Crippen LogP contribution in [0.4, 0.5) is 10.5 Å². The highest BCUT2D eigenvalue weighted by atomic mass is 16.5. The Morgan fingerprint density at radius 1 is 0.923 bits per heavy atom. The molecule has 0 radical (unpaired) electrons. The van der Waals surface area contributed by atoms with E-state index in [0.717, 1.165) is 22.7 Å². The maximum Gasteiger partial charge on any atom is 0.319 e. The molecule has 5 nitrogen and oxygen atoms in total. The summed E-state index contributed by atoms with van der Waals surface area (Å²) in [6.45, 7) is 0.903. The largest absolute Gasteiger partial charge is 0.489 e. The third-order valence-corrected chi connectivity index (χ3v) is 3.80. The molecule has 26 heavy (non-hydrogen) atoms. The normalized spacial score (nSPS) is 10.2. The zero-order valence-corrected chi connectivity index (χ0v) is 14.4. The van der Waals surface area contributed by atoms with E-state index in [1.807, 2.05) is 72.8 Å². The molecule has 1 heterocycles. The van der Waals surface area contributed by atoms with E-state index in [4.69, 9.17) is 4.74 Å². The van der Waals surface area contributed by atoms with Gasteiger partial charge in [-0.3, -0.25) is 4.98 Å². The Labute approximate surface area is 153 Å². The van der Waals surface area contributed by atoms with E-state index in [-0.39, 0.29) is 6.03 Å². The topological polar surface area (TPSA) is 63.2 Å². The highest BCUT2D eigenvalue weighted by Gasteiger charge is 2.07. The molecule has 0 saturated heterocycles. The molecule has 3 rings (SSSR count). The molecule has 0 aliphatic heterocycles. The maximum absolute atomic E-state index is 12.1. The monoisotopic (exact) mass is 347 g/mol. The Kier molecular flexibility index (Phi) is 6.20. The molecule has 0 fully saturated rings. The molecule has 0 spiro atoms. The lowest BCUT2D eigenvalue weighted by molar-refractivity contribution is 0.252. The minimum atomic E-state index is -0.243. The van der Waals surface area contributed by atoms with Gasteiger partial charge in [0, 0.05) is 36.1 Å². The molecule has 0 bridgehead atoms. The summed E-state index contributed by atoms with van der Waals surface area (Å²) in [6, 6.07) is 22.7. The number of aromatic nitrogens is 1. The molecule has 5 heteroatoms. The van der Waals surface area contributed by atoms with E-state index < -0.39 is 0 Å². The van der Waals surface area contributed by atoms with Crippen molar-refractivity contribution >= 4 is 11.7 Å². The molecule has 3 aromatic rings. The lowest BCUT2D eigenvalue weighted by atomic mass is 10.2. The number of carbonyl (C=O) groups is 1. The number of para-hydroxylation sites is 2. The summed E-state index contributed by atoms with van der Waals surface area (Å²) in [5.74, 6) is 0.794. The first-order valence-electron chi connectivity index (χ1n) is 8.52. The summed E-state index contributed by atoms with van der Waals surface area (Å²) in [7, 11) is 0. The number of nitrogens with zero attached hydrogens (tertiary/aromatic N) is 1. The lowest BCUT2D eigenvalue weighted by Crippen LogP contribution is -2.31. The second-order valence-corrected chi connectivity index (χ2v) is 5.71. The van der Waals surface area contributed by atoms with Gasteiger partial charge in [-0.15, -0.1) is 0 Å². The fourth-order valence-electron chi connectivity index (χ4n) is 2.46. The molecule has 132 valence electrons. The standard InChI is InChI=1S/C21H21N3O2/c25-21(23-15-13-18-9-6-7-14-22-18)24-20-12-5-4-8-17(20)16-26-19-10-2-1-3-11-19/h1-12,14H,13,15-16H2,(H2,23,24,25). The minimum Gasteiger partial charge on any atom is -0.489 e. The number of hydrogen-bond donors (Lipinski definition) is 2. The van der Waals surface area contributed by atoms with Crippen LogP contribution in [0.2, 0.25) is 0 Å². The first-order chi connectivity index (χ1) is 12.8. The maximum atomic E-state index is 12.1. The van der Waals surface area contributed by atoms with E-state index >= 15 is 0 Å². The van der Waals surface area contributed by atoms with E-state index in [9.17, 15) is 4.79 Å². The number of amides is 2. The Morgan fingerprint density at radius 2 is 1.69 bits per heavy atom. The third kappa shape index (κ3) is 5.34. The van der Waals surface area contributed by atoms with Crippen LogP contribution in [0, 0.1) is 0 Å². The molecule has 0 aliphatic carbocycles. The first-order valence-corrected chi connectivity index (χ1v) is 8.52. The van der Waals surface area contributed by atoms with Crippen molar-refractivity contribution in [2.45, 2.75) is 13.0 Å². The molecule has 2 amide bonds. The van der Waals surface area contributed by atoms with Crippen molar-refractivity contribution < 1.29 is 9.53 Å². The van der Waals surface area contributed by atoms with E-state index in [1.54, 1.807) is 6.20 Å². The molecule has 0 unspecified atom stereocenters. The van der Waals surface area contributed by atoms with E-state index in [0.29, 0.717) is 19.6 Å². The number of pyridine rings is 1. The van der Waals surface area contributed by atoms with Crippen LogP contribution in [0.25, 0.3) is 0 Å². The summed E-state index contributed by atoms with van der Waals surface area (Å²) in [6.07, 6.45) is 2.44. The van der Waals surface area contributed by atoms with Gasteiger partial charge in [0.1, 0.15) is 12.4 Å². The summed E-state index contributed by atoms with van der Waals surface area (Å²) < 4.78 is 5.77. The van der Waals surface area contributed by atoms with Gasteiger partial charge in [-0.2, -0.15) is 0 Å². The van der Waals surface area contributed by atoms with E-state index in [2.05, 4.69) is 15.6 Å². The highest BCUT2D eigenvalue weighted by molar-refractivity contribution is 5.90. The van der Waals surface area contributed by atoms with Gasteiger partial charge in [0.25, 0.3) is 0 Å². The Hall–Kier alpha value is -3.34. The highest BCUT2D eigenvalue weighted by Crippen LogP contribution is 2.18. The Morgan fingerprint density at radius 3 is 2.50 bits per heavy atom. The predicted octanol–water partition coefficient (Wildman–Crippen LogP) is 4.02. The number of nitrogens with one attached hydrogen (secondary N) is 2. The van der Waals surface area contributed by atoms with Crippen molar-refractivity contribution in [1.29, 1.82) is 0 Å². The lowest BCUT2D eigenvalue weighted by Gasteiger charge is -2.13. The van der Waals surface area contributed by atoms with Crippen molar-refractivity contribution in [1.82, 2.24) is 10.3 Å². The van der Waals surface area contributed by atoms with Gasteiger partial charge >= 0.3 is 6.03 Å². The average Bonchev–Trinajstić information content (AvgIpc) is 2.69. The van der Waals surface area contributed by atoms with Crippen molar-refractivity contribution in [3.8, 4) is 5.75 Å². The van der Waals surface area contributed by atoms with Crippen molar-refractivity contribution in [2.24, 2.45) is 0 Å². The number of anilines is 1. The van der Waals surface area contributed by atoms with Crippen LogP contribution in [-0.4, -0.2) is 17.6 Å². The molecule has 2 N–H and O–H groups in total. The van der Waals surface area contributed by atoms with Crippen LogP contribution in [0.15, 0.2) is 79.0 Å². The molecule has 0 aliphatic rings. The van der Waals surface area contributed by atoms with Gasteiger partial charge in [0.2, 0.25) is 0 Å². The number of urea groups is 1. The van der Waals surface area contributed by atoms with Crippen LogP contribution in [0.5, 0.6) is 5.75 Å². The van der Waals surface area contributed by atoms with Gasteiger partial charge in [0.15, 0.2) is 0 Å². The third-order valence-electron chi connectivity index (χ3n) is 3.80. The molecule has 0 saturated carbocycles. The Balaban J connectivity index is 1.51. The zero-order chi connectivity index (χ0) is 18.0. The molecule has 2 aromatic carbocycles. The molecular formula is C21H21N3O2. The smallest absolute Gasteiger partial charge is 0.319 e. The minimum absolute atomic E-state index is 0.243. The zero-order valence-electron chi connectivity index (χ0n) is 14.4. The van der Waals surface area contributed by atoms with Gasteiger partial charge < -0.3 is 15.4 Å². The van der Waals surface area contributed by atoms with Gasteiger partial charge in [-0.05, 0) is 30.3 Å². The fourth-order valence-corrected chi connectivity index (χ4v) is 2.46. The number of carbonyl (C=O) groups excluding carboxylic acids is 1. The average molecular weight is 347 g/mol. The Bertz CT molecular complexity index is 823. The summed E-state index contributed by atoms with van der Waals surface area (Å²) in [5, 5.41) is 5.73. The summed E-state index contributed by atoms with van der Waals surface area (Å²) in [4.78, 5) is 16.4. The summed E-state index contributed by atoms with van der Waals surface area (Å²) in [5.41, 5.74) is 2.60. The van der Waals surface area contributed by atoms with Crippen LogP contribution < -0.4 is 15.4 Å². The van der Waals surface area contributed by atoms with E-state index in [1.165, 1.54) is 0 Å². The number of benzene rings is 2. The van der Waals surface area contributed by atoms with Crippen LogP contribution in [0.1, 0.15) is 11.3 Å². The van der Waals surface area contributed by atoms with Gasteiger partial charge in [-0.1, -0.05) is 42.5 Å². The number of hydrogen-bond acceptors (Lipinski definition) is 3. The summed E-state index contributed by atoms with van der Waals surface area (Å²) >= 11 is 0. The predicted molar refractivity (Wildman–Crippen MR) is 102 cm³/mol. The number of rotatable bonds is 7. The molecule has 1 aromatic heterocycles. The quantitative estimate of drug-likeness (QED) is 0.678.